The SMILES string of the molecule is CCC1CCC(NC(=O)NC[C@H](O)C(=O)O)CC1. The van der Waals surface area contributed by atoms with Gasteiger partial charge in [-0.1, -0.05) is 13.3 Å². The second-order valence-electron chi connectivity index (χ2n) is 4.83. The van der Waals surface area contributed by atoms with Gasteiger partial charge in [-0.05, 0) is 31.6 Å². The molecule has 1 rings (SSSR count). The molecule has 0 radical (unpaired) electrons. The molecule has 0 aliphatic heterocycles. The third-order valence-corrected chi connectivity index (χ3v) is 3.50. The number of rotatable bonds is 5. The van der Waals surface area contributed by atoms with E-state index in [2.05, 4.69) is 17.6 Å². The van der Waals surface area contributed by atoms with Crippen molar-refractivity contribution >= 4 is 12.0 Å². The summed E-state index contributed by atoms with van der Waals surface area (Å²) in [6.07, 6.45) is 3.81. The van der Waals surface area contributed by atoms with E-state index >= 15 is 0 Å². The maximum absolute atomic E-state index is 11.5. The molecule has 1 fully saturated rings. The van der Waals surface area contributed by atoms with Crippen molar-refractivity contribution in [2.45, 2.75) is 51.2 Å². The second-order valence-corrected chi connectivity index (χ2v) is 4.83. The van der Waals surface area contributed by atoms with Crippen LogP contribution in [0.5, 0.6) is 0 Å². The molecule has 6 nitrogen and oxygen atoms in total. The lowest BCUT2D eigenvalue weighted by atomic mass is 9.85. The molecule has 1 atom stereocenters. The molecule has 0 aromatic rings. The fraction of sp³-hybridized carbons (Fsp3) is 0.833. The summed E-state index contributed by atoms with van der Waals surface area (Å²) in [5, 5.41) is 22.6. The van der Waals surface area contributed by atoms with Crippen molar-refractivity contribution in [3.8, 4) is 0 Å². The van der Waals surface area contributed by atoms with Crippen molar-refractivity contribution in [1.82, 2.24) is 10.6 Å². The van der Waals surface area contributed by atoms with Gasteiger partial charge in [-0.25, -0.2) is 9.59 Å². The van der Waals surface area contributed by atoms with Crippen molar-refractivity contribution in [2.75, 3.05) is 6.54 Å². The first-order valence-electron chi connectivity index (χ1n) is 6.48. The average molecular weight is 258 g/mol. The zero-order valence-corrected chi connectivity index (χ0v) is 10.7. The molecule has 0 aromatic carbocycles. The van der Waals surface area contributed by atoms with Gasteiger partial charge in [0.2, 0.25) is 0 Å². The largest absolute Gasteiger partial charge is 0.479 e. The van der Waals surface area contributed by atoms with Crippen LogP contribution in [0, 0.1) is 5.92 Å². The number of aliphatic carboxylic acids is 1. The molecule has 4 N–H and O–H groups in total. The third-order valence-electron chi connectivity index (χ3n) is 3.50. The average Bonchev–Trinajstić information content (AvgIpc) is 2.36. The number of hydrogen-bond acceptors (Lipinski definition) is 3. The van der Waals surface area contributed by atoms with E-state index < -0.39 is 18.1 Å². The summed E-state index contributed by atoms with van der Waals surface area (Å²) < 4.78 is 0. The monoisotopic (exact) mass is 258 g/mol. The highest BCUT2D eigenvalue weighted by molar-refractivity contribution is 5.76. The fourth-order valence-electron chi connectivity index (χ4n) is 2.23. The Balaban J connectivity index is 2.19. The smallest absolute Gasteiger partial charge is 0.334 e. The standard InChI is InChI=1S/C12H22N2O4/c1-2-8-3-5-9(6-4-8)14-12(18)13-7-10(15)11(16)17/h8-10,15H,2-7H2,1H3,(H,16,17)(H2,13,14,18)/t8?,9?,10-/m0/s1. The lowest BCUT2D eigenvalue weighted by Gasteiger charge is -2.28. The van der Waals surface area contributed by atoms with E-state index in [1.807, 2.05) is 0 Å². The molecule has 0 unspecified atom stereocenters. The van der Waals surface area contributed by atoms with Crippen LogP contribution in [0.1, 0.15) is 39.0 Å². The van der Waals surface area contributed by atoms with E-state index in [-0.39, 0.29) is 12.6 Å². The number of hydrogen-bond donors (Lipinski definition) is 4. The molecule has 1 aliphatic rings. The van der Waals surface area contributed by atoms with Crippen LogP contribution in [0.3, 0.4) is 0 Å². The number of aliphatic hydroxyl groups excluding tert-OH is 1. The quantitative estimate of drug-likeness (QED) is 0.583. The van der Waals surface area contributed by atoms with E-state index in [1.165, 1.54) is 6.42 Å². The van der Waals surface area contributed by atoms with Gasteiger partial charge in [0, 0.05) is 6.04 Å². The Labute approximate surface area is 107 Å². The van der Waals surface area contributed by atoms with Gasteiger partial charge in [0.05, 0.1) is 6.54 Å². The van der Waals surface area contributed by atoms with Gasteiger partial charge >= 0.3 is 12.0 Å². The van der Waals surface area contributed by atoms with Crippen LogP contribution >= 0.6 is 0 Å². The predicted molar refractivity (Wildman–Crippen MR) is 66.2 cm³/mol. The summed E-state index contributed by atoms with van der Waals surface area (Å²) in [6.45, 7) is 1.91. The van der Waals surface area contributed by atoms with E-state index in [9.17, 15) is 9.59 Å². The summed E-state index contributed by atoms with van der Waals surface area (Å²) >= 11 is 0. The molecule has 0 saturated heterocycles. The maximum atomic E-state index is 11.5. The van der Waals surface area contributed by atoms with Crippen LogP contribution in [0.4, 0.5) is 4.79 Å². The Morgan fingerprint density at radius 2 is 1.89 bits per heavy atom. The molecular weight excluding hydrogens is 236 g/mol. The van der Waals surface area contributed by atoms with E-state index in [0.29, 0.717) is 0 Å². The highest BCUT2D eigenvalue weighted by Gasteiger charge is 2.21. The van der Waals surface area contributed by atoms with Gasteiger partial charge in [-0.3, -0.25) is 0 Å². The van der Waals surface area contributed by atoms with Crippen LogP contribution in [-0.4, -0.2) is 40.9 Å². The van der Waals surface area contributed by atoms with Crippen molar-refractivity contribution < 1.29 is 19.8 Å². The summed E-state index contributed by atoms with van der Waals surface area (Å²) in [5.74, 6) is -0.571. The highest BCUT2D eigenvalue weighted by Crippen LogP contribution is 2.26. The summed E-state index contributed by atoms with van der Waals surface area (Å²) in [5.41, 5.74) is 0. The van der Waals surface area contributed by atoms with Crippen LogP contribution in [-0.2, 0) is 4.79 Å². The molecule has 1 saturated carbocycles. The Morgan fingerprint density at radius 1 is 1.28 bits per heavy atom. The van der Waals surface area contributed by atoms with Gasteiger partial charge in [0.1, 0.15) is 0 Å². The van der Waals surface area contributed by atoms with Crippen LogP contribution in [0.25, 0.3) is 0 Å². The zero-order chi connectivity index (χ0) is 13.5. The van der Waals surface area contributed by atoms with Crippen molar-refractivity contribution in [1.29, 1.82) is 0 Å². The van der Waals surface area contributed by atoms with Crippen LogP contribution in [0.2, 0.25) is 0 Å². The number of carbonyl (C=O) groups is 2. The molecule has 0 bridgehead atoms. The molecular formula is C12H22N2O4. The van der Waals surface area contributed by atoms with E-state index in [4.69, 9.17) is 10.2 Å². The van der Waals surface area contributed by atoms with Crippen LogP contribution < -0.4 is 10.6 Å². The molecule has 6 heteroatoms. The number of aliphatic hydroxyl groups is 1. The summed E-state index contributed by atoms with van der Waals surface area (Å²) in [4.78, 5) is 21.8. The fourth-order valence-corrected chi connectivity index (χ4v) is 2.23. The first-order valence-corrected chi connectivity index (χ1v) is 6.48. The molecule has 18 heavy (non-hydrogen) atoms. The second kappa shape index (κ2) is 7.20. The Morgan fingerprint density at radius 3 is 2.39 bits per heavy atom. The van der Waals surface area contributed by atoms with E-state index in [0.717, 1.165) is 31.6 Å². The number of amides is 2. The van der Waals surface area contributed by atoms with Gasteiger partial charge in [0.25, 0.3) is 0 Å². The van der Waals surface area contributed by atoms with Crippen molar-refractivity contribution in [2.24, 2.45) is 5.92 Å². The molecule has 0 aromatic heterocycles. The molecule has 1 aliphatic carbocycles. The first kappa shape index (κ1) is 14.8. The zero-order valence-electron chi connectivity index (χ0n) is 10.7. The number of urea groups is 1. The normalized spacial score (nSPS) is 25.2. The highest BCUT2D eigenvalue weighted by atomic mass is 16.4. The Kier molecular flexibility index (Phi) is 5.91. The molecule has 104 valence electrons. The lowest BCUT2D eigenvalue weighted by Crippen LogP contribution is -2.46. The van der Waals surface area contributed by atoms with Crippen molar-refractivity contribution in [3.63, 3.8) is 0 Å². The molecule has 0 spiro atoms. The van der Waals surface area contributed by atoms with Crippen molar-refractivity contribution in [3.05, 3.63) is 0 Å². The van der Waals surface area contributed by atoms with Gasteiger partial charge in [-0.2, -0.15) is 0 Å². The van der Waals surface area contributed by atoms with Gasteiger partial charge in [-0.15, -0.1) is 0 Å². The number of carbonyl (C=O) groups excluding carboxylic acids is 1. The van der Waals surface area contributed by atoms with E-state index in [1.54, 1.807) is 0 Å². The molecule has 0 heterocycles. The minimum Gasteiger partial charge on any atom is -0.479 e. The number of carboxylic acid groups (broad SMARTS) is 1. The van der Waals surface area contributed by atoms with Gasteiger partial charge in [0.15, 0.2) is 6.10 Å². The summed E-state index contributed by atoms with van der Waals surface area (Å²) in [7, 11) is 0. The number of nitrogens with one attached hydrogen (secondary N) is 2. The Hall–Kier alpha value is -1.30. The maximum Gasteiger partial charge on any atom is 0.334 e. The Bertz CT molecular complexity index is 288. The predicted octanol–water partition coefficient (Wildman–Crippen LogP) is 0.700. The number of carboxylic acids is 1. The van der Waals surface area contributed by atoms with Crippen LogP contribution in [0.15, 0.2) is 0 Å². The minimum atomic E-state index is -1.55. The minimum absolute atomic E-state index is 0.162. The third kappa shape index (κ3) is 4.91. The summed E-state index contributed by atoms with van der Waals surface area (Å²) in [6, 6.07) is -0.245. The van der Waals surface area contributed by atoms with Gasteiger partial charge < -0.3 is 20.8 Å². The lowest BCUT2D eigenvalue weighted by molar-refractivity contribution is -0.146. The first-order chi connectivity index (χ1) is 8.52. The topological polar surface area (TPSA) is 98.7 Å². The molecule has 2 amide bonds.